The van der Waals surface area contributed by atoms with Gasteiger partial charge in [0, 0.05) is 5.56 Å². The van der Waals surface area contributed by atoms with Gasteiger partial charge in [-0.15, -0.1) is 10.2 Å². The third-order valence-electron chi connectivity index (χ3n) is 2.04. The van der Waals surface area contributed by atoms with Gasteiger partial charge in [-0.05, 0) is 31.2 Å². The summed E-state index contributed by atoms with van der Waals surface area (Å²) in [6.07, 6.45) is -0.142. The van der Waals surface area contributed by atoms with E-state index < -0.39 is 0 Å². The largest absolute Gasteiger partial charge is 0.459 e. The molecule has 0 atom stereocenters. The number of H-pyrrole nitrogens is 1. The van der Waals surface area contributed by atoms with E-state index in [1.807, 2.05) is 0 Å². The van der Waals surface area contributed by atoms with E-state index in [1.54, 1.807) is 38.1 Å². The predicted molar refractivity (Wildman–Crippen MR) is 60.2 cm³/mol. The average Bonchev–Trinajstić information content (AvgIpc) is 2.82. The summed E-state index contributed by atoms with van der Waals surface area (Å²) in [5.41, 5.74) is 1.19. The van der Waals surface area contributed by atoms with Crippen molar-refractivity contribution in [2.75, 3.05) is 0 Å². The van der Waals surface area contributed by atoms with E-state index in [0.717, 1.165) is 5.56 Å². The van der Waals surface area contributed by atoms with Crippen molar-refractivity contribution in [2.45, 2.75) is 20.0 Å². The number of benzene rings is 1. The minimum absolute atomic E-state index is 0.142. The fourth-order valence-corrected chi connectivity index (χ4v) is 1.35. The molecule has 0 saturated carbocycles. The molecule has 2 aromatic rings. The second-order valence-corrected chi connectivity index (χ2v) is 3.77. The van der Waals surface area contributed by atoms with Crippen LogP contribution in [-0.4, -0.2) is 32.7 Å². The van der Waals surface area contributed by atoms with Crippen molar-refractivity contribution in [1.29, 1.82) is 0 Å². The van der Waals surface area contributed by atoms with Gasteiger partial charge in [0.05, 0.1) is 11.7 Å². The van der Waals surface area contributed by atoms with Gasteiger partial charge in [0.1, 0.15) is 0 Å². The zero-order chi connectivity index (χ0) is 12.3. The van der Waals surface area contributed by atoms with E-state index in [0.29, 0.717) is 11.4 Å². The van der Waals surface area contributed by atoms with E-state index >= 15 is 0 Å². The van der Waals surface area contributed by atoms with Gasteiger partial charge in [0.25, 0.3) is 0 Å². The minimum Gasteiger partial charge on any atom is -0.459 e. The second kappa shape index (κ2) is 4.73. The molecule has 0 saturated heterocycles. The lowest BCUT2D eigenvalue weighted by molar-refractivity contribution is 0.0378. The van der Waals surface area contributed by atoms with Gasteiger partial charge in [0.15, 0.2) is 0 Å². The Labute approximate surface area is 98.0 Å². The SMILES string of the molecule is CC(C)OC(=O)c1cccc(-c2nn[nH]n2)c1. The molecular formula is C11H12N4O2. The first-order valence-corrected chi connectivity index (χ1v) is 5.21. The number of nitrogens with zero attached hydrogens (tertiary/aromatic N) is 3. The third-order valence-corrected chi connectivity index (χ3v) is 2.04. The first-order chi connectivity index (χ1) is 8.16. The molecule has 6 nitrogen and oxygen atoms in total. The standard InChI is InChI=1S/C11H12N4O2/c1-7(2)17-11(16)9-5-3-4-8(6-9)10-12-14-15-13-10/h3-7H,1-2H3,(H,12,13,14,15). The van der Waals surface area contributed by atoms with E-state index in [-0.39, 0.29) is 12.1 Å². The molecule has 6 heteroatoms. The number of carbonyl (C=O) groups excluding carboxylic acids is 1. The molecule has 1 N–H and O–H groups in total. The van der Waals surface area contributed by atoms with Crippen LogP contribution in [0.3, 0.4) is 0 Å². The highest BCUT2D eigenvalue weighted by atomic mass is 16.5. The Hall–Kier alpha value is -2.24. The van der Waals surface area contributed by atoms with Gasteiger partial charge >= 0.3 is 5.97 Å². The number of hydrogen-bond acceptors (Lipinski definition) is 5. The van der Waals surface area contributed by atoms with Gasteiger partial charge in [-0.25, -0.2) is 4.79 Å². The Morgan fingerprint density at radius 3 is 2.88 bits per heavy atom. The van der Waals surface area contributed by atoms with Crippen LogP contribution in [0.25, 0.3) is 11.4 Å². The quantitative estimate of drug-likeness (QED) is 0.809. The molecule has 17 heavy (non-hydrogen) atoms. The first-order valence-electron chi connectivity index (χ1n) is 5.21. The molecule has 0 radical (unpaired) electrons. The van der Waals surface area contributed by atoms with Crippen molar-refractivity contribution < 1.29 is 9.53 Å². The summed E-state index contributed by atoms with van der Waals surface area (Å²) in [4.78, 5) is 11.7. The summed E-state index contributed by atoms with van der Waals surface area (Å²) in [5, 5.41) is 13.5. The average molecular weight is 232 g/mol. The summed E-state index contributed by atoms with van der Waals surface area (Å²) in [6.45, 7) is 3.61. The van der Waals surface area contributed by atoms with Crippen LogP contribution in [-0.2, 0) is 4.74 Å². The maximum Gasteiger partial charge on any atom is 0.338 e. The van der Waals surface area contributed by atoms with Gasteiger partial charge in [-0.2, -0.15) is 5.21 Å². The molecular weight excluding hydrogens is 220 g/mol. The van der Waals surface area contributed by atoms with Crippen molar-refractivity contribution in [3.8, 4) is 11.4 Å². The number of carbonyl (C=O) groups is 1. The molecule has 0 amide bonds. The number of ether oxygens (including phenoxy) is 1. The highest BCUT2D eigenvalue weighted by molar-refractivity contribution is 5.90. The smallest absolute Gasteiger partial charge is 0.338 e. The topological polar surface area (TPSA) is 80.8 Å². The summed E-state index contributed by atoms with van der Waals surface area (Å²) >= 11 is 0. The molecule has 0 spiro atoms. The predicted octanol–water partition coefficient (Wildman–Crippen LogP) is 1.43. The van der Waals surface area contributed by atoms with Crippen molar-refractivity contribution >= 4 is 5.97 Å². The molecule has 1 heterocycles. The minimum atomic E-state index is -0.356. The number of aromatic nitrogens is 4. The third kappa shape index (κ3) is 2.66. The monoisotopic (exact) mass is 232 g/mol. The maximum absolute atomic E-state index is 11.7. The number of tetrazole rings is 1. The Balaban J connectivity index is 2.26. The number of hydrogen-bond donors (Lipinski definition) is 1. The molecule has 0 aliphatic heterocycles. The lowest BCUT2D eigenvalue weighted by Crippen LogP contribution is -2.11. The zero-order valence-electron chi connectivity index (χ0n) is 9.54. The Morgan fingerprint density at radius 1 is 1.41 bits per heavy atom. The van der Waals surface area contributed by atoms with Gasteiger partial charge < -0.3 is 4.74 Å². The summed E-state index contributed by atoms with van der Waals surface area (Å²) < 4.78 is 5.11. The number of nitrogens with one attached hydrogen (secondary N) is 1. The van der Waals surface area contributed by atoms with Crippen LogP contribution in [0.2, 0.25) is 0 Å². The van der Waals surface area contributed by atoms with Crippen LogP contribution in [0, 0.1) is 0 Å². The van der Waals surface area contributed by atoms with Gasteiger partial charge in [-0.3, -0.25) is 0 Å². The lowest BCUT2D eigenvalue weighted by Gasteiger charge is -2.07. The van der Waals surface area contributed by atoms with Gasteiger partial charge in [-0.1, -0.05) is 12.1 Å². The molecule has 0 aliphatic rings. The Kier molecular flexibility index (Phi) is 3.13. The molecule has 1 aromatic carbocycles. The molecule has 1 aromatic heterocycles. The zero-order valence-corrected chi connectivity index (χ0v) is 9.54. The van der Waals surface area contributed by atoms with Crippen molar-refractivity contribution in [3.63, 3.8) is 0 Å². The summed E-state index contributed by atoms with van der Waals surface area (Å²) in [7, 11) is 0. The van der Waals surface area contributed by atoms with Crippen molar-refractivity contribution in [2.24, 2.45) is 0 Å². The van der Waals surface area contributed by atoms with Crippen LogP contribution in [0.4, 0.5) is 0 Å². The van der Waals surface area contributed by atoms with Crippen LogP contribution in [0.5, 0.6) is 0 Å². The maximum atomic E-state index is 11.7. The number of rotatable bonds is 3. The molecule has 0 bridgehead atoms. The highest BCUT2D eigenvalue weighted by Gasteiger charge is 2.11. The van der Waals surface area contributed by atoms with E-state index in [9.17, 15) is 4.79 Å². The molecule has 0 fully saturated rings. The Morgan fingerprint density at radius 2 is 2.24 bits per heavy atom. The second-order valence-electron chi connectivity index (χ2n) is 3.77. The van der Waals surface area contributed by atoms with Crippen molar-refractivity contribution in [3.05, 3.63) is 29.8 Å². The molecule has 0 unspecified atom stereocenters. The molecule has 88 valence electrons. The van der Waals surface area contributed by atoms with Crippen LogP contribution in [0.1, 0.15) is 24.2 Å². The fourth-order valence-electron chi connectivity index (χ4n) is 1.35. The molecule has 0 aliphatic carbocycles. The van der Waals surface area contributed by atoms with Crippen molar-refractivity contribution in [1.82, 2.24) is 20.6 Å². The summed E-state index contributed by atoms with van der Waals surface area (Å²) in [6, 6.07) is 6.92. The van der Waals surface area contributed by atoms with E-state index in [1.165, 1.54) is 0 Å². The highest BCUT2D eigenvalue weighted by Crippen LogP contribution is 2.15. The Bertz CT molecular complexity index is 508. The number of esters is 1. The molecule has 2 rings (SSSR count). The summed E-state index contributed by atoms with van der Waals surface area (Å²) in [5.74, 6) is 0.0922. The van der Waals surface area contributed by atoms with Crippen LogP contribution < -0.4 is 0 Å². The van der Waals surface area contributed by atoms with Crippen LogP contribution >= 0.6 is 0 Å². The number of aromatic amines is 1. The van der Waals surface area contributed by atoms with E-state index in [4.69, 9.17) is 4.74 Å². The fraction of sp³-hybridized carbons (Fsp3) is 0.273. The van der Waals surface area contributed by atoms with E-state index in [2.05, 4.69) is 20.6 Å². The lowest BCUT2D eigenvalue weighted by atomic mass is 10.1. The van der Waals surface area contributed by atoms with Gasteiger partial charge in [0.2, 0.25) is 5.82 Å². The van der Waals surface area contributed by atoms with Crippen LogP contribution in [0.15, 0.2) is 24.3 Å². The normalized spacial score (nSPS) is 10.5. The first kappa shape index (κ1) is 11.3.